The zero-order valence-electron chi connectivity index (χ0n) is 12.8. The number of nitrogens with zero attached hydrogens (tertiary/aromatic N) is 3. The van der Waals surface area contributed by atoms with E-state index in [1.165, 1.54) is 0 Å². The summed E-state index contributed by atoms with van der Waals surface area (Å²) < 4.78 is 0. The second kappa shape index (κ2) is 7.82. The van der Waals surface area contributed by atoms with Crippen LogP contribution in [0.5, 0.6) is 0 Å². The second-order valence-electron chi connectivity index (χ2n) is 5.79. The topological polar surface area (TPSA) is 47.0 Å². The fourth-order valence-electron chi connectivity index (χ4n) is 2.34. The predicted molar refractivity (Wildman–Crippen MR) is 77.0 cm³/mol. The fourth-order valence-corrected chi connectivity index (χ4v) is 2.34. The SMILES string of the molecule is CCC(C)C(=O)N(C)CC(O)CN1CCN(C)CC1. The third kappa shape index (κ3) is 5.47. The van der Waals surface area contributed by atoms with Gasteiger partial charge in [0, 0.05) is 52.2 Å². The maximum absolute atomic E-state index is 11.9. The Morgan fingerprint density at radius 3 is 2.42 bits per heavy atom. The molecule has 0 aromatic rings. The van der Waals surface area contributed by atoms with Crippen molar-refractivity contribution in [3.8, 4) is 0 Å². The van der Waals surface area contributed by atoms with E-state index in [1.807, 2.05) is 13.8 Å². The average molecular weight is 271 g/mol. The minimum atomic E-state index is -0.457. The maximum Gasteiger partial charge on any atom is 0.225 e. The number of carbonyl (C=O) groups is 1. The summed E-state index contributed by atoms with van der Waals surface area (Å²) in [5, 5.41) is 10.1. The lowest BCUT2D eigenvalue weighted by molar-refractivity contribution is -0.135. The van der Waals surface area contributed by atoms with Crippen LogP contribution >= 0.6 is 0 Å². The third-order valence-corrected chi connectivity index (χ3v) is 3.96. The highest BCUT2D eigenvalue weighted by Crippen LogP contribution is 2.07. The van der Waals surface area contributed by atoms with Crippen LogP contribution in [0.15, 0.2) is 0 Å². The second-order valence-corrected chi connectivity index (χ2v) is 5.79. The lowest BCUT2D eigenvalue weighted by atomic mass is 10.1. The van der Waals surface area contributed by atoms with E-state index in [-0.39, 0.29) is 11.8 Å². The van der Waals surface area contributed by atoms with Crippen LogP contribution in [0.4, 0.5) is 0 Å². The van der Waals surface area contributed by atoms with Crippen LogP contribution in [-0.2, 0) is 4.79 Å². The van der Waals surface area contributed by atoms with Gasteiger partial charge >= 0.3 is 0 Å². The Morgan fingerprint density at radius 2 is 1.89 bits per heavy atom. The van der Waals surface area contributed by atoms with Crippen LogP contribution in [0.2, 0.25) is 0 Å². The number of hydrogen-bond donors (Lipinski definition) is 1. The molecule has 5 heteroatoms. The minimum absolute atomic E-state index is 0.0424. The smallest absolute Gasteiger partial charge is 0.225 e. The molecular formula is C14H29N3O2. The largest absolute Gasteiger partial charge is 0.390 e. The first kappa shape index (κ1) is 16.4. The molecule has 1 amide bonds. The monoisotopic (exact) mass is 271 g/mol. The molecule has 112 valence electrons. The zero-order valence-corrected chi connectivity index (χ0v) is 12.8. The molecule has 0 aliphatic carbocycles. The predicted octanol–water partition coefficient (Wildman–Crippen LogP) is 0.0992. The molecule has 1 N–H and O–H groups in total. The normalized spacial score (nSPS) is 21.1. The summed E-state index contributed by atoms with van der Waals surface area (Å²) in [5.74, 6) is 0.167. The van der Waals surface area contributed by atoms with Crippen LogP contribution in [0.25, 0.3) is 0 Å². The molecule has 0 aromatic carbocycles. The lowest BCUT2D eigenvalue weighted by Crippen LogP contribution is -2.49. The van der Waals surface area contributed by atoms with E-state index < -0.39 is 6.10 Å². The number of amides is 1. The average Bonchev–Trinajstić information content (AvgIpc) is 2.39. The number of piperazine rings is 1. The van der Waals surface area contributed by atoms with Gasteiger partial charge in [-0.15, -0.1) is 0 Å². The molecule has 1 rings (SSSR count). The molecule has 1 saturated heterocycles. The van der Waals surface area contributed by atoms with Gasteiger partial charge in [0.15, 0.2) is 0 Å². The molecular weight excluding hydrogens is 242 g/mol. The highest BCUT2D eigenvalue weighted by atomic mass is 16.3. The first-order valence-corrected chi connectivity index (χ1v) is 7.28. The third-order valence-electron chi connectivity index (χ3n) is 3.96. The molecule has 5 nitrogen and oxygen atoms in total. The number of hydrogen-bond acceptors (Lipinski definition) is 4. The van der Waals surface area contributed by atoms with Gasteiger partial charge in [0.05, 0.1) is 6.10 Å². The van der Waals surface area contributed by atoms with Crippen molar-refractivity contribution in [2.45, 2.75) is 26.4 Å². The Morgan fingerprint density at radius 1 is 1.32 bits per heavy atom. The Bertz CT molecular complexity index is 278. The van der Waals surface area contributed by atoms with Crippen molar-refractivity contribution in [1.82, 2.24) is 14.7 Å². The molecule has 1 aliphatic heterocycles. The quantitative estimate of drug-likeness (QED) is 0.744. The highest BCUT2D eigenvalue weighted by molar-refractivity contribution is 5.78. The zero-order chi connectivity index (χ0) is 14.4. The lowest BCUT2D eigenvalue weighted by Gasteiger charge is -2.34. The Kier molecular flexibility index (Phi) is 6.75. The Labute approximate surface area is 117 Å². The van der Waals surface area contributed by atoms with Gasteiger partial charge in [-0.3, -0.25) is 9.69 Å². The molecule has 0 radical (unpaired) electrons. The maximum atomic E-state index is 11.9. The van der Waals surface area contributed by atoms with Gasteiger partial charge in [-0.25, -0.2) is 0 Å². The molecule has 2 unspecified atom stereocenters. The molecule has 1 heterocycles. The van der Waals surface area contributed by atoms with Crippen LogP contribution < -0.4 is 0 Å². The van der Waals surface area contributed by atoms with E-state index in [2.05, 4.69) is 16.8 Å². The van der Waals surface area contributed by atoms with Gasteiger partial charge in [0.1, 0.15) is 0 Å². The van der Waals surface area contributed by atoms with Crippen LogP contribution in [0.3, 0.4) is 0 Å². The van der Waals surface area contributed by atoms with Gasteiger partial charge in [-0.05, 0) is 13.5 Å². The number of aliphatic hydroxyl groups excluding tert-OH is 1. The van der Waals surface area contributed by atoms with Crippen molar-refractivity contribution in [2.75, 3.05) is 53.4 Å². The summed E-state index contributed by atoms with van der Waals surface area (Å²) in [4.78, 5) is 18.2. The molecule has 0 aromatic heterocycles. The number of aliphatic hydroxyl groups is 1. The molecule has 2 atom stereocenters. The summed E-state index contributed by atoms with van der Waals surface area (Å²) >= 11 is 0. The van der Waals surface area contributed by atoms with Crippen LogP contribution in [0, 0.1) is 5.92 Å². The van der Waals surface area contributed by atoms with Gasteiger partial charge in [-0.2, -0.15) is 0 Å². The summed E-state index contributed by atoms with van der Waals surface area (Å²) in [6.07, 6.45) is 0.388. The minimum Gasteiger partial charge on any atom is -0.390 e. The van der Waals surface area contributed by atoms with E-state index in [0.29, 0.717) is 13.1 Å². The summed E-state index contributed by atoms with van der Waals surface area (Å²) in [5.41, 5.74) is 0. The van der Waals surface area contributed by atoms with Crippen molar-refractivity contribution in [1.29, 1.82) is 0 Å². The standard InChI is InChI=1S/C14H29N3O2/c1-5-12(2)14(19)16(4)10-13(18)11-17-8-6-15(3)7-9-17/h12-13,18H,5-11H2,1-4H3. The Hall–Kier alpha value is -0.650. The van der Waals surface area contributed by atoms with E-state index in [0.717, 1.165) is 32.6 Å². The number of carbonyl (C=O) groups excluding carboxylic acids is 1. The van der Waals surface area contributed by atoms with E-state index in [4.69, 9.17) is 0 Å². The molecule has 19 heavy (non-hydrogen) atoms. The van der Waals surface area contributed by atoms with Crippen molar-refractivity contribution in [3.05, 3.63) is 0 Å². The molecule has 0 saturated carbocycles. The van der Waals surface area contributed by atoms with Gasteiger partial charge in [0.25, 0.3) is 0 Å². The van der Waals surface area contributed by atoms with E-state index >= 15 is 0 Å². The van der Waals surface area contributed by atoms with E-state index in [9.17, 15) is 9.90 Å². The van der Waals surface area contributed by atoms with Crippen molar-refractivity contribution >= 4 is 5.91 Å². The van der Waals surface area contributed by atoms with Crippen molar-refractivity contribution in [3.63, 3.8) is 0 Å². The van der Waals surface area contributed by atoms with Crippen LogP contribution in [-0.4, -0.2) is 85.2 Å². The fraction of sp³-hybridized carbons (Fsp3) is 0.929. The first-order chi connectivity index (χ1) is 8.93. The summed E-state index contributed by atoms with van der Waals surface area (Å²) in [7, 11) is 3.90. The number of likely N-dealkylation sites (N-methyl/N-ethyl adjacent to an activating group) is 2. The van der Waals surface area contributed by atoms with Crippen LogP contribution in [0.1, 0.15) is 20.3 Å². The molecule has 0 bridgehead atoms. The van der Waals surface area contributed by atoms with Gasteiger partial charge < -0.3 is 14.9 Å². The number of rotatable bonds is 6. The van der Waals surface area contributed by atoms with Crippen molar-refractivity contribution in [2.24, 2.45) is 5.92 Å². The Balaban J connectivity index is 2.30. The first-order valence-electron chi connectivity index (χ1n) is 7.28. The summed E-state index contributed by atoms with van der Waals surface area (Å²) in [6, 6.07) is 0. The summed E-state index contributed by atoms with van der Waals surface area (Å²) in [6.45, 7) is 9.13. The molecule has 0 spiro atoms. The highest BCUT2D eigenvalue weighted by Gasteiger charge is 2.21. The van der Waals surface area contributed by atoms with Crippen molar-refractivity contribution < 1.29 is 9.90 Å². The molecule has 1 aliphatic rings. The van der Waals surface area contributed by atoms with E-state index in [1.54, 1.807) is 11.9 Å². The van der Waals surface area contributed by atoms with Gasteiger partial charge in [0.2, 0.25) is 5.91 Å². The van der Waals surface area contributed by atoms with Gasteiger partial charge in [-0.1, -0.05) is 13.8 Å². The number of β-amino-alcohol motifs (C(OH)–C–C–N with tert-alkyl or cyclic N) is 1. The molecule has 1 fully saturated rings.